The molecule has 0 unspecified atom stereocenters. The fourth-order valence-electron chi connectivity index (χ4n) is 2.85. The molecule has 0 aromatic heterocycles. The van der Waals surface area contributed by atoms with Crippen LogP contribution in [0.15, 0.2) is 0 Å². The van der Waals surface area contributed by atoms with Gasteiger partial charge in [-0.25, -0.2) is 9.59 Å². The SMILES string of the molecule is O=C(NC1(C(=O)O)CCOCC1)N1CCCCCCC1. The molecule has 6 heteroatoms. The van der Waals surface area contributed by atoms with Crippen molar-refractivity contribution >= 4 is 12.0 Å². The highest BCUT2D eigenvalue weighted by atomic mass is 16.5. The Morgan fingerprint density at radius 2 is 1.55 bits per heavy atom. The van der Waals surface area contributed by atoms with Gasteiger partial charge in [0, 0.05) is 39.1 Å². The number of amides is 2. The summed E-state index contributed by atoms with van der Waals surface area (Å²) in [5.74, 6) is -0.957. The van der Waals surface area contributed by atoms with Gasteiger partial charge in [0.15, 0.2) is 0 Å². The third-order valence-corrected chi connectivity index (χ3v) is 4.25. The zero-order valence-corrected chi connectivity index (χ0v) is 11.9. The molecule has 0 aromatic carbocycles. The summed E-state index contributed by atoms with van der Waals surface area (Å²) < 4.78 is 5.21. The van der Waals surface area contributed by atoms with E-state index in [4.69, 9.17) is 4.74 Å². The van der Waals surface area contributed by atoms with E-state index < -0.39 is 11.5 Å². The summed E-state index contributed by atoms with van der Waals surface area (Å²) in [5.41, 5.74) is -1.16. The van der Waals surface area contributed by atoms with Gasteiger partial charge in [-0.3, -0.25) is 0 Å². The summed E-state index contributed by atoms with van der Waals surface area (Å²) in [5, 5.41) is 12.2. The number of nitrogens with zero attached hydrogens (tertiary/aromatic N) is 1. The van der Waals surface area contributed by atoms with Gasteiger partial charge < -0.3 is 20.1 Å². The van der Waals surface area contributed by atoms with E-state index in [1.54, 1.807) is 4.90 Å². The smallest absolute Gasteiger partial charge is 0.329 e. The molecule has 20 heavy (non-hydrogen) atoms. The Morgan fingerprint density at radius 1 is 1.00 bits per heavy atom. The second-order valence-corrected chi connectivity index (χ2v) is 5.68. The molecule has 114 valence electrons. The van der Waals surface area contributed by atoms with Gasteiger partial charge in [0.2, 0.25) is 0 Å². The Morgan fingerprint density at radius 3 is 2.10 bits per heavy atom. The molecule has 2 aliphatic heterocycles. The van der Waals surface area contributed by atoms with Crippen LogP contribution in [0.2, 0.25) is 0 Å². The molecule has 0 bridgehead atoms. The normalized spacial score (nSPS) is 23.5. The number of carboxylic acids is 1. The van der Waals surface area contributed by atoms with Crippen LogP contribution in [0.3, 0.4) is 0 Å². The zero-order valence-electron chi connectivity index (χ0n) is 11.9. The van der Waals surface area contributed by atoms with Gasteiger partial charge in [0.1, 0.15) is 5.54 Å². The van der Waals surface area contributed by atoms with Gasteiger partial charge in [-0.15, -0.1) is 0 Å². The van der Waals surface area contributed by atoms with Crippen molar-refractivity contribution in [3.8, 4) is 0 Å². The molecule has 2 saturated heterocycles. The molecule has 0 spiro atoms. The Hall–Kier alpha value is -1.30. The van der Waals surface area contributed by atoms with Crippen molar-refractivity contribution in [2.24, 2.45) is 0 Å². The first kappa shape index (κ1) is 15.1. The molecule has 2 fully saturated rings. The number of carbonyl (C=O) groups is 2. The summed E-state index contributed by atoms with van der Waals surface area (Å²) in [6.07, 6.45) is 6.17. The maximum Gasteiger partial charge on any atom is 0.329 e. The van der Waals surface area contributed by atoms with Crippen molar-refractivity contribution in [3.63, 3.8) is 0 Å². The highest BCUT2D eigenvalue weighted by molar-refractivity contribution is 5.86. The summed E-state index contributed by atoms with van der Waals surface area (Å²) in [6, 6.07) is -0.240. The summed E-state index contributed by atoms with van der Waals surface area (Å²) in [4.78, 5) is 25.6. The number of urea groups is 1. The standard InChI is InChI=1S/C14H24N2O4/c17-12(18)14(6-10-20-11-7-14)15-13(19)16-8-4-2-1-3-5-9-16/h1-11H2,(H,15,19)(H,17,18). The van der Waals surface area contributed by atoms with Gasteiger partial charge in [-0.1, -0.05) is 19.3 Å². The first-order valence-corrected chi connectivity index (χ1v) is 7.52. The number of hydrogen-bond donors (Lipinski definition) is 2. The van der Waals surface area contributed by atoms with Crippen LogP contribution in [0.1, 0.15) is 44.9 Å². The second kappa shape index (κ2) is 6.92. The number of aliphatic carboxylic acids is 1. The van der Waals surface area contributed by atoms with E-state index in [9.17, 15) is 14.7 Å². The molecule has 2 rings (SSSR count). The fourth-order valence-corrected chi connectivity index (χ4v) is 2.85. The molecular weight excluding hydrogens is 260 g/mol. The van der Waals surface area contributed by atoms with E-state index in [0.717, 1.165) is 38.8 Å². The minimum atomic E-state index is -1.16. The third kappa shape index (κ3) is 3.62. The van der Waals surface area contributed by atoms with E-state index in [2.05, 4.69) is 5.32 Å². The Labute approximate surface area is 119 Å². The number of ether oxygens (including phenoxy) is 1. The van der Waals surface area contributed by atoms with Crippen LogP contribution in [0.4, 0.5) is 4.79 Å². The molecule has 0 atom stereocenters. The average Bonchev–Trinajstić information content (AvgIpc) is 2.39. The molecule has 2 aliphatic rings. The number of carboxylic acid groups (broad SMARTS) is 1. The van der Waals surface area contributed by atoms with E-state index in [1.165, 1.54) is 6.42 Å². The lowest BCUT2D eigenvalue weighted by Gasteiger charge is -2.36. The van der Waals surface area contributed by atoms with Crippen LogP contribution in [-0.4, -0.2) is 53.8 Å². The summed E-state index contributed by atoms with van der Waals surface area (Å²) in [7, 11) is 0. The van der Waals surface area contributed by atoms with Gasteiger partial charge in [-0.2, -0.15) is 0 Å². The monoisotopic (exact) mass is 284 g/mol. The lowest BCUT2D eigenvalue weighted by Crippen LogP contribution is -2.60. The van der Waals surface area contributed by atoms with Crippen LogP contribution >= 0.6 is 0 Å². The largest absolute Gasteiger partial charge is 0.480 e. The van der Waals surface area contributed by atoms with Crippen LogP contribution in [-0.2, 0) is 9.53 Å². The maximum atomic E-state index is 12.4. The predicted molar refractivity (Wildman–Crippen MR) is 73.6 cm³/mol. The number of nitrogens with one attached hydrogen (secondary N) is 1. The average molecular weight is 284 g/mol. The first-order valence-electron chi connectivity index (χ1n) is 7.52. The third-order valence-electron chi connectivity index (χ3n) is 4.25. The summed E-state index contributed by atoms with van der Waals surface area (Å²) in [6.45, 7) is 2.20. The maximum absolute atomic E-state index is 12.4. The van der Waals surface area contributed by atoms with Crippen LogP contribution < -0.4 is 5.32 Å². The van der Waals surface area contributed by atoms with Crippen molar-refractivity contribution < 1.29 is 19.4 Å². The number of carbonyl (C=O) groups excluding carboxylic acids is 1. The molecule has 0 aromatic rings. The lowest BCUT2D eigenvalue weighted by atomic mass is 9.90. The molecule has 2 amide bonds. The highest BCUT2D eigenvalue weighted by Crippen LogP contribution is 2.22. The van der Waals surface area contributed by atoms with Crippen LogP contribution in [0, 0.1) is 0 Å². The minimum absolute atomic E-state index is 0.240. The van der Waals surface area contributed by atoms with Gasteiger partial charge in [0.25, 0.3) is 0 Å². The number of rotatable bonds is 2. The fraction of sp³-hybridized carbons (Fsp3) is 0.857. The molecule has 2 N–H and O–H groups in total. The van der Waals surface area contributed by atoms with Crippen LogP contribution in [0.25, 0.3) is 0 Å². The van der Waals surface area contributed by atoms with Crippen molar-refractivity contribution in [3.05, 3.63) is 0 Å². The lowest BCUT2D eigenvalue weighted by molar-refractivity contribution is -0.148. The van der Waals surface area contributed by atoms with Gasteiger partial charge in [0.05, 0.1) is 0 Å². The summed E-state index contributed by atoms with van der Waals surface area (Å²) >= 11 is 0. The van der Waals surface area contributed by atoms with Crippen molar-refractivity contribution in [2.75, 3.05) is 26.3 Å². The Bertz CT molecular complexity index is 345. The number of hydrogen-bond acceptors (Lipinski definition) is 3. The predicted octanol–water partition coefficient (Wildman–Crippen LogP) is 1.60. The van der Waals surface area contributed by atoms with E-state index >= 15 is 0 Å². The quantitative estimate of drug-likeness (QED) is 0.807. The van der Waals surface area contributed by atoms with Crippen LogP contribution in [0.5, 0.6) is 0 Å². The molecular formula is C14H24N2O4. The number of likely N-dealkylation sites (tertiary alicyclic amines) is 1. The van der Waals surface area contributed by atoms with E-state index in [-0.39, 0.29) is 6.03 Å². The van der Waals surface area contributed by atoms with Crippen molar-refractivity contribution in [1.82, 2.24) is 10.2 Å². The van der Waals surface area contributed by atoms with Gasteiger partial charge >= 0.3 is 12.0 Å². The molecule has 0 aliphatic carbocycles. The zero-order chi connectivity index (χ0) is 14.4. The highest BCUT2D eigenvalue weighted by Gasteiger charge is 2.42. The molecule has 0 saturated carbocycles. The Kier molecular flexibility index (Phi) is 5.23. The second-order valence-electron chi connectivity index (χ2n) is 5.68. The molecule has 6 nitrogen and oxygen atoms in total. The van der Waals surface area contributed by atoms with E-state index in [1.807, 2.05) is 0 Å². The molecule has 0 radical (unpaired) electrons. The van der Waals surface area contributed by atoms with Crippen molar-refractivity contribution in [2.45, 2.75) is 50.5 Å². The topological polar surface area (TPSA) is 78.9 Å². The first-order chi connectivity index (χ1) is 9.64. The van der Waals surface area contributed by atoms with Crippen molar-refractivity contribution in [1.29, 1.82) is 0 Å². The van der Waals surface area contributed by atoms with Gasteiger partial charge in [-0.05, 0) is 12.8 Å². The van der Waals surface area contributed by atoms with E-state index in [0.29, 0.717) is 26.1 Å². The molecule has 2 heterocycles. The minimum Gasteiger partial charge on any atom is -0.480 e. The Balaban J connectivity index is 1.98.